The van der Waals surface area contributed by atoms with Crippen molar-refractivity contribution < 1.29 is 114 Å². The fourth-order valence-corrected chi connectivity index (χ4v) is 16.9. The molecule has 0 aromatic rings. The van der Waals surface area contributed by atoms with Crippen LogP contribution in [0.1, 0.15) is 98.8 Å². The van der Waals surface area contributed by atoms with Crippen molar-refractivity contribution in [3.63, 3.8) is 0 Å². The van der Waals surface area contributed by atoms with Gasteiger partial charge in [0, 0.05) is 0 Å². The molecule has 9 aliphatic rings. The number of rotatable bonds is 12. The number of carboxylic acid groups (broad SMARTS) is 1. The van der Waals surface area contributed by atoms with Gasteiger partial charge in [-0.2, -0.15) is 0 Å². The molecule has 5 saturated carbocycles. The Kier molecular flexibility index (Phi) is 16.2. The van der Waals surface area contributed by atoms with E-state index in [4.69, 9.17) is 37.9 Å². The van der Waals surface area contributed by atoms with E-state index in [9.17, 15) is 71.2 Å². The van der Waals surface area contributed by atoms with Gasteiger partial charge >= 0.3 is 11.9 Å². The van der Waals surface area contributed by atoms with Crippen LogP contribution in [0.2, 0.25) is 0 Å². The van der Waals surface area contributed by atoms with Gasteiger partial charge in [-0.05, 0) is 117 Å². The number of aliphatic hydroxyl groups is 12. The molecular weight excluding hydrogens is 993 g/mol. The Bertz CT molecular complexity index is 2080. The summed E-state index contributed by atoms with van der Waals surface area (Å²) in [7, 11) is 0. The maximum atomic E-state index is 15.5. The second kappa shape index (κ2) is 21.1. The van der Waals surface area contributed by atoms with E-state index in [1.807, 2.05) is 6.92 Å². The largest absolute Gasteiger partial charge is 0.481 e. The van der Waals surface area contributed by atoms with Crippen molar-refractivity contribution in [2.24, 2.45) is 56.7 Å². The fourth-order valence-electron chi connectivity index (χ4n) is 16.9. The zero-order valence-electron chi connectivity index (χ0n) is 43.4. The molecule has 0 spiro atoms. The van der Waals surface area contributed by atoms with Gasteiger partial charge in [-0.3, -0.25) is 9.59 Å². The average molecular weight is 1080 g/mol. The summed E-state index contributed by atoms with van der Waals surface area (Å²) in [5.41, 5.74) is -3.08. The molecule has 9 fully saturated rings. The number of hydrogen-bond acceptors (Lipinski definition) is 22. The molecule has 0 radical (unpaired) electrons. The van der Waals surface area contributed by atoms with Crippen molar-refractivity contribution in [2.45, 2.75) is 216 Å². The summed E-state index contributed by atoms with van der Waals surface area (Å²) in [6.45, 7) is 12.0. The molecule has 0 bridgehead atoms. The van der Waals surface area contributed by atoms with E-state index in [2.05, 4.69) is 34.3 Å². The van der Waals surface area contributed by atoms with Gasteiger partial charge in [0.1, 0.15) is 79.4 Å². The Balaban J connectivity index is 1.04. The number of allylic oxidation sites excluding steroid dienone is 1. The SMILES string of the molecule is C=C(C)[C@@H]1CC[C@]2(C(=O)O[C@@H]3O[C@H](CO)[C@@H](O)[C@H](O)[C@H]3O[C@@H]3OC[C@@H](O)[C@H](O[C@@H]4OC[C@@H](O)[C@H](O)[C@H]4O)[C@H]3O[C@@H]3O[C@H](CO)[C@@H](O)[C@H](O)[C@H]3O)CC[C@]3(C(=O)O)[C@H](CC[C@@H]4[C@@]5(C)CC[C@H](O)C(C)(C)C5CC[C@]43C)C12. The summed E-state index contributed by atoms with van der Waals surface area (Å²) >= 11 is 0. The Morgan fingerprint density at radius 1 is 0.587 bits per heavy atom. The first-order chi connectivity index (χ1) is 35.2. The minimum Gasteiger partial charge on any atom is -0.481 e. The molecule has 9 rings (SSSR count). The van der Waals surface area contributed by atoms with Gasteiger partial charge in [0.2, 0.25) is 6.29 Å². The highest BCUT2D eigenvalue weighted by Crippen LogP contribution is 2.78. The van der Waals surface area contributed by atoms with Gasteiger partial charge in [-0.25, -0.2) is 0 Å². The molecule has 428 valence electrons. The van der Waals surface area contributed by atoms with Crippen molar-refractivity contribution in [1.82, 2.24) is 0 Å². The molecule has 0 aromatic carbocycles. The van der Waals surface area contributed by atoms with Gasteiger partial charge in [-0.1, -0.05) is 39.8 Å². The number of esters is 1. The highest BCUT2D eigenvalue weighted by Gasteiger charge is 2.76. The van der Waals surface area contributed by atoms with Crippen LogP contribution >= 0.6 is 0 Å². The molecule has 13 N–H and O–H groups in total. The molecule has 23 heteroatoms. The summed E-state index contributed by atoms with van der Waals surface area (Å²) in [6, 6.07) is 0. The van der Waals surface area contributed by atoms with Crippen LogP contribution in [0.3, 0.4) is 0 Å². The van der Waals surface area contributed by atoms with Crippen LogP contribution in [-0.4, -0.2) is 221 Å². The highest BCUT2D eigenvalue weighted by molar-refractivity contribution is 5.81. The number of carbonyl (C=O) groups excluding carboxylic acids is 1. The Morgan fingerprint density at radius 2 is 1.19 bits per heavy atom. The van der Waals surface area contributed by atoms with Crippen LogP contribution in [-0.2, 0) is 47.5 Å². The summed E-state index contributed by atoms with van der Waals surface area (Å²) in [5.74, 6) is -2.87. The molecule has 75 heavy (non-hydrogen) atoms. The molecule has 0 aromatic heterocycles. The maximum Gasteiger partial charge on any atom is 0.314 e. The first-order valence-corrected chi connectivity index (χ1v) is 26.9. The third-order valence-electron chi connectivity index (χ3n) is 20.9. The summed E-state index contributed by atoms with van der Waals surface area (Å²) in [4.78, 5) is 30.0. The smallest absolute Gasteiger partial charge is 0.314 e. The van der Waals surface area contributed by atoms with Gasteiger partial charge in [0.25, 0.3) is 0 Å². The van der Waals surface area contributed by atoms with E-state index in [0.717, 1.165) is 18.4 Å². The number of carboxylic acids is 1. The zero-order chi connectivity index (χ0) is 54.6. The summed E-state index contributed by atoms with van der Waals surface area (Å²) in [5, 5.41) is 142. The van der Waals surface area contributed by atoms with E-state index in [0.29, 0.717) is 32.1 Å². The minimum atomic E-state index is -2.04. The minimum absolute atomic E-state index is 0.0188. The number of ether oxygens (including phenoxy) is 8. The van der Waals surface area contributed by atoms with E-state index in [1.54, 1.807) is 0 Å². The van der Waals surface area contributed by atoms with Crippen LogP contribution in [0.5, 0.6) is 0 Å². The quantitative estimate of drug-likeness (QED) is 0.0755. The van der Waals surface area contributed by atoms with E-state index < -0.39 is 183 Å². The first kappa shape index (κ1) is 57.6. The van der Waals surface area contributed by atoms with Crippen LogP contribution < -0.4 is 0 Å². The summed E-state index contributed by atoms with van der Waals surface area (Å²) in [6.07, 6.45) is -28.2. The molecule has 28 atom stereocenters. The Labute approximate surface area is 435 Å². The molecule has 2 unspecified atom stereocenters. The number of aliphatic carboxylic acids is 1. The van der Waals surface area contributed by atoms with Crippen molar-refractivity contribution in [2.75, 3.05) is 26.4 Å². The monoisotopic (exact) mass is 1070 g/mol. The lowest BCUT2D eigenvalue weighted by Crippen LogP contribution is -2.70. The van der Waals surface area contributed by atoms with Gasteiger partial charge < -0.3 is 104 Å². The molecule has 4 heterocycles. The lowest BCUT2D eigenvalue weighted by Gasteiger charge is -2.71. The Hall–Kier alpha value is -2.08. The zero-order valence-corrected chi connectivity index (χ0v) is 43.4. The van der Waals surface area contributed by atoms with E-state index >= 15 is 4.79 Å². The second-order valence-corrected chi connectivity index (χ2v) is 24.7. The maximum absolute atomic E-state index is 15.5. The van der Waals surface area contributed by atoms with Crippen molar-refractivity contribution in [3.8, 4) is 0 Å². The van der Waals surface area contributed by atoms with Crippen LogP contribution in [0.4, 0.5) is 0 Å². The third kappa shape index (κ3) is 9.07. The molecule has 5 aliphatic carbocycles. The third-order valence-corrected chi connectivity index (χ3v) is 20.9. The predicted octanol–water partition coefficient (Wildman–Crippen LogP) is -1.84. The number of carbonyl (C=O) groups is 2. The predicted molar refractivity (Wildman–Crippen MR) is 253 cm³/mol. The first-order valence-electron chi connectivity index (χ1n) is 26.9. The fraction of sp³-hybridized carbons (Fsp3) is 0.923. The number of fused-ring (bicyclic) bond motifs is 7. The van der Waals surface area contributed by atoms with Crippen LogP contribution in [0.25, 0.3) is 0 Å². The average Bonchev–Trinajstić information content (AvgIpc) is 3.87. The lowest BCUT2D eigenvalue weighted by atomic mass is 9.32. The van der Waals surface area contributed by atoms with E-state index in [1.165, 1.54) is 0 Å². The topological polar surface area (TPSA) is 371 Å². The van der Waals surface area contributed by atoms with E-state index in [-0.39, 0.29) is 47.8 Å². The highest BCUT2D eigenvalue weighted by atomic mass is 16.8. The second-order valence-electron chi connectivity index (χ2n) is 24.7. The van der Waals surface area contributed by atoms with Gasteiger partial charge in [0.05, 0.1) is 43.4 Å². The molecular formula is C52H82O23. The van der Waals surface area contributed by atoms with Gasteiger partial charge in [0.15, 0.2) is 25.0 Å². The molecule has 4 saturated heterocycles. The molecule has 4 aliphatic heterocycles. The number of aliphatic hydroxyl groups excluding tert-OH is 12. The van der Waals surface area contributed by atoms with Crippen LogP contribution in [0, 0.1) is 56.7 Å². The molecule has 23 nitrogen and oxygen atoms in total. The standard InChI is InChI=1S/C52H82O23/c1-21(2)22-9-14-51(15-16-52(46(65)66)23(31(22)51)7-8-29-49(5)12-11-30(57)48(3,4)28(49)10-13-50(29,52)6)47(67)75-45-40(36(62)34(60)27(18-54)71-45)73-44-41(74-43-38(64)35(61)33(59)26(17-53)70-43)39(25(56)20-69-44)72-42-37(63)32(58)24(55)19-68-42/h22-45,53-64H,1,7-20H2,2-6H3,(H,65,66)/t22-,23+,24+,25+,26+,27+,28?,29+,30-,31?,32-,33+,34+,35-,36-,37+,38+,39-,40+,41+,42-,43-,44-,45-,49-,50+,51-,52+/m0/s1. The van der Waals surface area contributed by atoms with Crippen molar-refractivity contribution in [3.05, 3.63) is 12.2 Å². The Morgan fingerprint density at radius 3 is 1.84 bits per heavy atom. The number of hydrogen-bond donors (Lipinski definition) is 13. The van der Waals surface area contributed by atoms with Crippen LogP contribution in [0.15, 0.2) is 12.2 Å². The lowest BCUT2D eigenvalue weighted by molar-refractivity contribution is -0.395. The van der Waals surface area contributed by atoms with Crippen molar-refractivity contribution in [1.29, 1.82) is 0 Å². The molecule has 0 amide bonds. The summed E-state index contributed by atoms with van der Waals surface area (Å²) < 4.78 is 47.8. The van der Waals surface area contributed by atoms with Crippen molar-refractivity contribution >= 4 is 11.9 Å². The normalized spacial score (nSPS) is 53.6. The van der Waals surface area contributed by atoms with Gasteiger partial charge in [-0.15, -0.1) is 0 Å².